The molecule has 0 saturated heterocycles. The maximum absolute atomic E-state index is 8.85. The van der Waals surface area contributed by atoms with E-state index in [1.807, 2.05) is 11.4 Å². The molecule has 1 heterocycles. The molecule has 2 N–H and O–H groups in total. The number of rotatable bonds is 1. The molecule has 2 rings (SSSR count). The molecule has 0 amide bonds. The second-order valence-corrected chi connectivity index (χ2v) is 3.14. The molecule has 0 radical (unpaired) electrons. The van der Waals surface area contributed by atoms with E-state index < -0.39 is 7.12 Å². The van der Waals surface area contributed by atoms with Gasteiger partial charge in [-0.05, 0) is 23.1 Å². The van der Waals surface area contributed by atoms with Gasteiger partial charge in [0.2, 0.25) is 0 Å². The Bertz CT molecular complexity index is 401. The summed E-state index contributed by atoms with van der Waals surface area (Å²) in [6, 6.07) is 5.19. The Morgan fingerprint density at radius 1 is 1.33 bits per heavy atom. The number of aromatic nitrogens is 1. The van der Waals surface area contributed by atoms with Gasteiger partial charge < -0.3 is 10.0 Å². The summed E-state index contributed by atoms with van der Waals surface area (Å²) in [5.74, 6) is 0. The van der Waals surface area contributed by atoms with Crippen molar-refractivity contribution in [3.05, 3.63) is 23.6 Å². The van der Waals surface area contributed by atoms with Crippen LogP contribution in [0.3, 0.4) is 0 Å². The van der Waals surface area contributed by atoms with Gasteiger partial charge in [0.15, 0.2) is 0 Å². The van der Waals surface area contributed by atoms with Crippen LogP contribution in [-0.2, 0) is 0 Å². The molecule has 5 heteroatoms. The summed E-state index contributed by atoms with van der Waals surface area (Å²) in [6.07, 6.45) is 0. The third-order valence-corrected chi connectivity index (χ3v) is 2.34. The molecule has 0 saturated carbocycles. The highest BCUT2D eigenvalue weighted by Crippen LogP contribution is 2.12. The Morgan fingerprint density at radius 3 is 2.92 bits per heavy atom. The highest BCUT2D eigenvalue weighted by atomic mass is 32.1. The number of benzene rings is 1. The summed E-state index contributed by atoms with van der Waals surface area (Å²) in [5.41, 5.74) is 1.29. The molecule has 0 unspecified atom stereocenters. The van der Waals surface area contributed by atoms with Crippen LogP contribution in [-0.4, -0.2) is 21.5 Å². The standard InChI is InChI=1S/C7H6BNO2S/c10-8(11)6-2-1-5-4-12-9-7(5)3-6/h1-4,10-11H. The summed E-state index contributed by atoms with van der Waals surface area (Å²) in [4.78, 5) is 0. The second kappa shape index (κ2) is 2.86. The van der Waals surface area contributed by atoms with Gasteiger partial charge in [0, 0.05) is 10.8 Å². The largest absolute Gasteiger partial charge is 0.488 e. The maximum atomic E-state index is 8.85. The van der Waals surface area contributed by atoms with Gasteiger partial charge in [-0.2, -0.15) is 4.37 Å². The van der Waals surface area contributed by atoms with Gasteiger partial charge in [-0.3, -0.25) is 0 Å². The van der Waals surface area contributed by atoms with Crippen molar-refractivity contribution in [1.82, 2.24) is 4.37 Å². The van der Waals surface area contributed by atoms with Gasteiger partial charge in [0.1, 0.15) is 0 Å². The van der Waals surface area contributed by atoms with E-state index in [-0.39, 0.29) is 0 Å². The fourth-order valence-corrected chi connectivity index (χ4v) is 1.68. The van der Waals surface area contributed by atoms with Crippen LogP contribution in [0.4, 0.5) is 0 Å². The Morgan fingerprint density at radius 2 is 2.17 bits per heavy atom. The third kappa shape index (κ3) is 1.22. The molecule has 1 aromatic carbocycles. The number of fused-ring (bicyclic) bond motifs is 1. The average Bonchev–Trinajstić information content (AvgIpc) is 2.49. The summed E-state index contributed by atoms with van der Waals surface area (Å²) in [6.45, 7) is 0. The molecule has 0 aliphatic rings. The minimum absolute atomic E-state index is 0.480. The van der Waals surface area contributed by atoms with Crippen LogP contribution in [0.5, 0.6) is 0 Å². The van der Waals surface area contributed by atoms with E-state index in [9.17, 15) is 0 Å². The molecule has 0 fully saturated rings. The minimum Gasteiger partial charge on any atom is -0.423 e. The average molecular weight is 179 g/mol. The predicted molar refractivity (Wildman–Crippen MR) is 49.4 cm³/mol. The Hall–Kier alpha value is -0.905. The van der Waals surface area contributed by atoms with Gasteiger partial charge in [-0.25, -0.2) is 0 Å². The van der Waals surface area contributed by atoms with Crippen molar-refractivity contribution in [2.24, 2.45) is 0 Å². The predicted octanol–water partition coefficient (Wildman–Crippen LogP) is -0.0239. The fraction of sp³-hybridized carbons (Fsp3) is 0. The number of hydrogen-bond acceptors (Lipinski definition) is 4. The van der Waals surface area contributed by atoms with E-state index in [0.29, 0.717) is 5.46 Å². The van der Waals surface area contributed by atoms with Gasteiger partial charge >= 0.3 is 7.12 Å². The Labute approximate surface area is 73.6 Å². The van der Waals surface area contributed by atoms with Crippen LogP contribution in [0.1, 0.15) is 0 Å². The summed E-state index contributed by atoms with van der Waals surface area (Å²) in [5, 5.41) is 20.7. The smallest absolute Gasteiger partial charge is 0.423 e. The van der Waals surface area contributed by atoms with Gasteiger partial charge in [-0.1, -0.05) is 12.1 Å². The monoisotopic (exact) mass is 179 g/mol. The number of nitrogens with zero attached hydrogens (tertiary/aromatic N) is 1. The van der Waals surface area contributed by atoms with Crippen LogP contribution in [0.15, 0.2) is 23.6 Å². The van der Waals surface area contributed by atoms with Crippen LogP contribution >= 0.6 is 11.5 Å². The van der Waals surface area contributed by atoms with E-state index in [1.54, 1.807) is 12.1 Å². The Kier molecular flexibility index (Phi) is 1.84. The van der Waals surface area contributed by atoms with Crippen LogP contribution in [0, 0.1) is 0 Å². The quantitative estimate of drug-likeness (QED) is 0.604. The fourth-order valence-electron chi connectivity index (χ4n) is 1.04. The second-order valence-electron chi connectivity index (χ2n) is 2.51. The lowest BCUT2D eigenvalue weighted by Gasteiger charge is -1.96. The van der Waals surface area contributed by atoms with Crippen LogP contribution in [0.25, 0.3) is 10.9 Å². The Balaban J connectivity index is 2.60. The van der Waals surface area contributed by atoms with Crippen molar-refractivity contribution < 1.29 is 10.0 Å². The normalized spacial score (nSPS) is 10.5. The van der Waals surface area contributed by atoms with Crippen LogP contribution < -0.4 is 5.46 Å². The molecule has 0 spiro atoms. The van der Waals surface area contributed by atoms with E-state index in [2.05, 4.69) is 4.37 Å². The van der Waals surface area contributed by atoms with Crippen molar-refractivity contribution in [3.8, 4) is 0 Å². The van der Waals surface area contributed by atoms with E-state index in [1.165, 1.54) is 11.5 Å². The highest BCUT2D eigenvalue weighted by Gasteiger charge is 2.11. The van der Waals surface area contributed by atoms with Crippen molar-refractivity contribution in [2.75, 3.05) is 0 Å². The summed E-state index contributed by atoms with van der Waals surface area (Å²) in [7, 11) is -1.41. The van der Waals surface area contributed by atoms with Crippen molar-refractivity contribution in [1.29, 1.82) is 0 Å². The van der Waals surface area contributed by atoms with Crippen LogP contribution in [0.2, 0.25) is 0 Å². The molecular weight excluding hydrogens is 173 g/mol. The van der Waals surface area contributed by atoms with Gasteiger partial charge in [0.25, 0.3) is 0 Å². The van der Waals surface area contributed by atoms with E-state index >= 15 is 0 Å². The molecule has 3 nitrogen and oxygen atoms in total. The van der Waals surface area contributed by atoms with E-state index in [4.69, 9.17) is 10.0 Å². The maximum Gasteiger partial charge on any atom is 0.488 e. The summed E-state index contributed by atoms with van der Waals surface area (Å²) >= 11 is 1.36. The van der Waals surface area contributed by atoms with Gasteiger partial charge in [0.05, 0.1) is 5.52 Å². The molecule has 1 aromatic heterocycles. The third-order valence-electron chi connectivity index (χ3n) is 1.68. The minimum atomic E-state index is -1.41. The summed E-state index contributed by atoms with van der Waals surface area (Å²) < 4.78 is 4.08. The highest BCUT2D eigenvalue weighted by molar-refractivity contribution is 7.04. The first-order valence-corrected chi connectivity index (χ1v) is 4.31. The van der Waals surface area contributed by atoms with Crippen molar-refractivity contribution >= 4 is 35.0 Å². The topological polar surface area (TPSA) is 53.4 Å². The van der Waals surface area contributed by atoms with Crippen molar-refractivity contribution in [2.45, 2.75) is 0 Å². The molecule has 0 atom stereocenters. The first-order valence-electron chi connectivity index (χ1n) is 3.47. The lowest BCUT2D eigenvalue weighted by Crippen LogP contribution is -2.29. The van der Waals surface area contributed by atoms with Gasteiger partial charge in [-0.15, -0.1) is 0 Å². The molecular formula is C7H6BNO2S. The molecule has 0 aliphatic carbocycles. The first-order chi connectivity index (χ1) is 5.77. The molecule has 60 valence electrons. The molecule has 0 bridgehead atoms. The molecule has 12 heavy (non-hydrogen) atoms. The zero-order valence-electron chi connectivity index (χ0n) is 6.14. The first kappa shape index (κ1) is 7.73. The zero-order chi connectivity index (χ0) is 8.55. The zero-order valence-corrected chi connectivity index (χ0v) is 6.95. The van der Waals surface area contributed by atoms with Crippen molar-refractivity contribution in [3.63, 3.8) is 0 Å². The SMILES string of the molecule is OB(O)c1ccc2csnc2c1. The number of hydrogen-bond donors (Lipinski definition) is 2. The van der Waals surface area contributed by atoms with E-state index in [0.717, 1.165) is 10.9 Å². The lowest BCUT2D eigenvalue weighted by atomic mass is 9.80. The lowest BCUT2D eigenvalue weighted by molar-refractivity contribution is 0.426. The molecule has 0 aliphatic heterocycles. The molecule has 2 aromatic rings.